The first-order valence-electron chi connectivity index (χ1n) is 7.48. The van der Waals surface area contributed by atoms with E-state index in [9.17, 15) is 9.59 Å². The number of carbonyl (C=O) groups excluding carboxylic acids is 2. The van der Waals surface area contributed by atoms with Gasteiger partial charge >= 0.3 is 0 Å². The Balaban J connectivity index is 0.000000510. The van der Waals surface area contributed by atoms with Gasteiger partial charge in [-0.3, -0.25) is 14.9 Å². The fourth-order valence-corrected chi connectivity index (χ4v) is 2.49. The molecule has 0 saturated heterocycles. The molecule has 1 aliphatic rings. The average molecular weight is 285 g/mol. The van der Waals surface area contributed by atoms with Crippen LogP contribution in [0.2, 0.25) is 0 Å². The van der Waals surface area contributed by atoms with Gasteiger partial charge in [-0.2, -0.15) is 0 Å². The number of aryl methyl sites for hydroxylation is 2. The van der Waals surface area contributed by atoms with Crippen molar-refractivity contribution in [3.63, 3.8) is 0 Å². The number of amides is 2. The molecule has 0 fully saturated rings. The lowest BCUT2D eigenvalue weighted by Gasteiger charge is -2.18. The summed E-state index contributed by atoms with van der Waals surface area (Å²) in [5.41, 5.74) is 3.35. The lowest BCUT2D eigenvalue weighted by molar-refractivity contribution is 0.0845. The third kappa shape index (κ3) is 2.82. The van der Waals surface area contributed by atoms with E-state index >= 15 is 0 Å². The zero-order chi connectivity index (χ0) is 16.2. The number of nitrogens with one attached hydrogen (secondary N) is 1. The van der Waals surface area contributed by atoms with E-state index in [1.807, 2.05) is 53.7 Å². The topological polar surface area (TPSA) is 46.2 Å². The molecule has 0 aliphatic carbocycles. The molecule has 0 bridgehead atoms. The number of benzene rings is 2. The van der Waals surface area contributed by atoms with Gasteiger partial charge in [-0.1, -0.05) is 39.8 Å². The maximum atomic E-state index is 11.8. The maximum absolute atomic E-state index is 11.8. The van der Waals surface area contributed by atoms with Crippen molar-refractivity contribution in [1.82, 2.24) is 5.32 Å². The first kappa shape index (κ1) is 16.9. The molecule has 2 aromatic carbocycles. The van der Waals surface area contributed by atoms with Crippen molar-refractivity contribution in [3.8, 4) is 0 Å². The van der Waals surface area contributed by atoms with Gasteiger partial charge in [-0.25, -0.2) is 0 Å². The molecule has 0 aromatic heterocycles. The number of imide groups is 1. The van der Waals surface area contributed by atoms with E-state index in [1.165, 1.54) is 0 Å². The van der Waals surface area contributed by atoms with Crippen LogP contribution in [0.25, 0.3) is 10.8 Å². The minimum absolute atomic E-state index is 0.307. The van der Waals surface area contributed by atoms with E-state index in [2.05, 4.69) is 5.32 Å². The summed E-state index contributed by atoms with van der Waals surface area (Å²) in [5.74, 6) is -0.615. The van der Waals surface area contributed by atoms with Crippen LogP contribution in [0.5, 0.6) is 0 Å². The zero-order valence-corrected chi connectivity index (χ0v) is 13.6. The molecule has 2 amide bonds. The smallest absolute Gasteiger partial charge is 0.258 e. The lowest BCUT2D eigenvalue weighted by atomic mass is 9.90. The molecule has 2 aromatic rings. The van der Waals surface area contributed by atoms with Crippen molar-refractivity contribution < 1.29 is 9.59 Å². The van der Waals surface area contributed by atoms with Gasteiger partial charge in [0.05, 0.1) is 0 Å². The SMILES string of the molecule is CC.CC.Cc1ccc2c3c(ccc(C)c13)C(=O)NC2=O. The van der Waals surface area contributed by atoms with Crippen LogP contribution < -0.4 is 5.32 Å². The average Bonchev–Trinajstić information content (AvgIpc) is 2.50. The summed E-state index contributed by atoms with van der Waals surface area (Å²) in [7, 11) is 0. The molecule has 112 valence electrons. The Bertz CT molecular complexity index is 632. The monoisotopic (exact) mass is 285 g/mol. The van der Waals surface area contributed by atoms with E-state index in [1.54, 1.807) is 12.1 Å². The zero-order valence-electron chi connectivity index (χ0n) is 13.6. The molecule has 3 rings (SSSR count). The summed E-state index contributed by atoms with van der Waals surface area (Å²) < 4.78 is 0. The van der Waals surface area contributed by atoms with Crippen LogP contribution in [0.4, 0.5) is 0 Å². The largest absolute Gasteiger partial charge is 0.288 e. The fourth-order valence-electron chi connectivity index (χ4n) is 2.49. The summed E-state index contributed by atoms with van der Waals surface area (Å²) in [5, 5.41) is 4.16. The first-order chi connectivity index (χ1) is 10.1. The van der Waals surface area contributed by atoms with Gasteiger partial charge in [0.1, 0.15) is 0 Å². The maximum Gasteiger partial charge on any atom is 0.258 e. The highest BCUT2D eigenvalue weighted by atomic mass is 16.2. The third-order valence-corrected chi connectivity index (χ3v) is 3.29. The molecular weight excluding hydrogens is 262 g/mol. The number of carbonyl (C=O) groups is 2. The van der Waals surface area contributed by atoms with Gasteiger partial charge < -0.3 is 0 Å². The quantitative estimate of drug-likeness (QED) is 0.729. The Morgan fingerprint density at radius 2 is 1.05 bits per heavy atom. The van der Waals surface area contributed by atoms with E-state index in [0.29, 0.717) is 11.1 Å². The Labute approximate surface area is 126 Å². The summed E-state index contributed by atoms with van der Waals surface area (Å²) in [6, 6.07) is 7.40. The first-order valence-corrected chi connectivity index (χ1v) is 7.48. The molecule has 1 heterocycles. The van der Waals surface area contributed by atoms with Crippen molar-refractivity contribution in [2.24, 2.45) is 0 Å². The minimum Gasteiger partial charge on any atom is -0.288 e. The van der Waals surface area contributed by atoms with Gasteiger partial charge in [-0.15, -0.1) is 0 Å². The van der Waals surface area contributed by atoms with Gasteiger partial charge in [-0.05, 0) is 42.5 Å². The molecular formula is C18H23NO2. The van der Waals surface area contributed by atoms with E-state index < -0.39 is 0 Å². The molecule has 0 saturated carbocycles. The van der Waals surface area contributed by atoms with E-state index in [0.717, 1.165) is 21.9 Å². The molecule has 3 heteroatoms. The van der Waals surface area contributed by atoms with Gasteiger partial charge in [0.15, 0.2) is 0 Å². The highest BCUT2D eigenvalue weighted by Crippen LogP contribution is 2.31. The summed E-state index contributed by atoms with van der Waals surface area (Å²) in [4.78, 5) is 23.5. The Kier molecular flexibility index (Phi) is 5.65. The third-order valence-electron chi connectivity index (χ3n) is 3.29. The van der Waals surface area contributed by atoms with Crippen molar-refractivity contribution >= 4 is 22.6 Å². The van der Waals surface area contributed by atoms with Crippen LogP contribution in [0.1, 0.15) is 59.5 Å². The van der Waals surface area contributed by atoms with Crippen LogP contribution in [0, 0.1) is 13.8 Å². The molecule has 0 atom stereocenters. The van der Waals surface area contributed by atoms with Gasteiger partial charge in [0.25, 0.3) is 11.8 Å². The predicted molar refractivity (Wildman–Crippen MR) is 87.9 cm³/mol. The predicted octanol–water partition coefficient (Wildman–Crippen LogP) is 4.39. The van der Waals surface area contributed by atoms with Crippen LogP contribution >= 0.6 is 0 Å². The second-order valence-electron chi connectivity index (χ2n) is 4.39. The normalized spacial score (nSPS) is 11.9. The number of hydrogen-bond donors (Lipinski definition) is 1. The van der Waals surface area contributed by atoms with Crippen LogP contribution in [0.3, 0.4) is 0 Å². The van der Waals surface area contributed by atoms with Gasteiger partial charge in [0.2, 0.25) is 0 Å². The summed E-state index contributed by atoms with van der Waals surface area (Å²) in [6.07, 6.45) is 0. The number of rotatable bonds is 0. The molecule has 1 N–H and O–H groups in total. The number of hydrogen-bond acceptors (Lipinski definition) is 2. The molecule has 1 aliphatic heterocycles. The Hall–Kier alpha value is -2.16. The Morgan fingerprint density at radius 1 is 0.667 bits per heavy atom. The minimum atomic E-state index is -0.307. The second kappa shape index (κ2) is 7.02. The molecule has 0 unspecified atom stereocenters. The van der Waals surface area contributed by atoms with E-state index in [4.69, 9.17) is 0 Å². The van der Waals surface area contributed by atoms with Crippen molar-refractivity contribution in [1.29, 1.82) is 0 Å². The summed E-state index contributed by atoms with van der Waals surface area (Å²) in [6.45, 7) is 12.0. The molecule has 0 spiro atoms. The highest BCUT2D eigenvalue weighted by Gasteiger charge is 2.25. The summed E-state index contributed by atoms with van der Waals surface area (Å²) >= 11 is 0. The van der Waals surface area contributed by atoms with E-state index in [-0.39, 0.29) is 11.8 Å². The fraction of sp³-hybridized carbons (Fsp3) is 0.333. The standard InChI is InChI=1S/C14H11NO2.2C2H6/c1-7-3-5-9-12-10(14(17)15-13(9)16)6-4-8(2)11(7)12;2*1-2/h3-6H,1-2H3,(H,15,16,17);2*1-2H3. The van der Waals surface area contributed by atoms with Crippen molar-refractivity contribution in [2.45, 2.75) is 41.5 Å². The van der Waals surface area contributed by atoms with Crippen LogP contribution in [-0.4, -0.2) is 11.8 Å². The molecule has 21 heavy (non-hydrogen) atoms. The molecule has 3 nitrogen and oxygen atoms in total. The van der Waals surface area contributed by atoms with Crippen LogP contribution in [0.15, 0.2) is 24.3 Å². The second-order valence-corrected chi connectivity index (χ2v) is 4.39. The van der Waals surface area contributed by atoms with Crippen molar-refractivity contribution in [2.75, 3.05) is 0 Å². The van der Waals surface area contributed by atoms with Crippen molar-refractivity contribution in [3.05, 3.63) is 46.5 Å². The lowest BCUT2D eigenvalue weighted by Crippen LogP contribution is -2.34. The van der Waals surface area contributed by atoms with Crippen LogP contribution in [-0.2, 0) is 0 Å². The highest BCUT2D eigenvalue weighted by molar-refractivity contribution is 6.26. The van der Waals surface area contributed by atoms with Gasteiger partial charge in [0, 0.05) is 16.5 Å². The molecule has 0 radical (unpaired) electrons. The Morgan fingerprint density at radius 3 is 1.43 bits per heavy atom.